The highest BCUT2D eigenvalue weighted by molar-refractivity contribution is 5.57. The maximum atomic E-state index is 5.21. The van der Waals surface area contributed by atoms with Crippen LogP contribution in [0.5, 0.6) is 5.75 Å². The fraction of sp³-hybridized carbons (Fsp3) is 0.438. The van der Waals surface area contributed by atoms with E-state index >= 15 is 0 Å². The van der Waals surface area contributed by atoms with E-state index in [1.54, 1.807) is 7.11 Å². The molecule has 5 nitrogen and oxygen atoms in total. The molecule has 1 aliphatic rings. The van der Waals surface area contributed by atoms with Crippen LogP contribution in [-0.2, 0) is 0 Å². The molecule has 21 heavy (non-hydrogen) atoms. The van der Waals surface area contributed by atoms with Crippen molar-refractivity contribution in [2.24, 2.45) is 0 Å². The van der Waals surface area contributed by atoms with Crippen molar-refractivity contribution in [2.75, 3.05) is 38.2 Å². The van der Waals surface area contributed by atoms with Gasteiger partial charge in [-0.05, 0) is 38.1 Å². The van der Waals surface area contributed by atoms with Gasteiger partial charge in [-0.25, -0.2) is 4.68 Å². The minimum Gasteiger partial charge on any atom is -0.497 e. The number of piperazine rings is 1. The van der Waals surface area contributed by atoms with E-state index < -0.39 is 0 Å². The molecule has 0 amide bonds. The SMILES string of the molecule is COc1ccc(-n2nc(C)c(N3CCNCC3)c2C)cc1. The average molecular weight is 286 g/mol. The maximum absolute atomic E-state index is 5.21. The Morgan fingerprint density at radius 1 is 1.10 bits per heavy atom. The molecular weight excluding hydrogens is 264 g/mol. The van der Waals surface area contributed by atoms with Gasteiger partial charge in [0, 0.05) is 26.2 Å². The summed E-state index contributed by atoms with van der Waals surface area (Å²) >= 11 is 0. The first-order valence-electron chi connectivity index (χ1n) is 7.37. The molecule has 1 aliphatic heterocycles. The van der Waals surface area contributed by atoms with Crippen LogP contribution in [0.4, 0.5) is 5.69 Å². The summed E-state index contributed by atoms with van der Waals surface area (Å²) in [6.07, 6.45) is 0. The van der Waals surface area contributed by atoms with Crippen LogP contribution in [0, 0.1) is 13.8 Å². The number of ether oxygens (including phenoxy) is 1. The number of nitrogens with zero attached hydrogens (tertiary/aromatic N) is 3. The van der Waals surface area contributed by atoms with E-state index in [0.717, 1.165) is 43.3 Å². The average Bonchev–Trinajstić information content (AvgIpc) is 2.83. The van der Waals surface area contributed by atoms with Gasteiger partial charge in [0.2, 0.25) is 0 Å². The Balaban J connectivity index is 1.96. The van der Waals surface area contributed by atoms with Crippen molar-refractivity contribution in [1.82, 2.24) is 15.1 Å². The molecule has 3 rings (SSSR count). The maximum Gasteiger partial charge on any atom is 0.119 e. The third-order valence-electron chi connectivity index (χ3n) is 4.00. The van der Waals surface area contributed by atoms with Crippen LogP contribution in [-0.4, -0.2) is 43.1 Å². The van der Waals surface area contributed by atoms with Gasteiger partial charge in [0.05, 0.1) is 29.9 Å². The molecule has 112 valence electrons. The van der Waals surface area contributed by atoms with Gasteiger partial charge >= 0.3 is 0 Å². The fourth-order valence-electron chi connectivity index (χ4n) is 2.96. The van der Waals surface area contributed by atoms with Crippen molar-refractivity contribution in [3.63, 3.8) is 0 Å². The first-order valence-corrected chi connectivity index (χ1v) is 7.37. The van der Waals surface area contributed by atoms with Crippen LogP contribution in [0.3, 0.4) is 0 Å². The lowest BCUT2D eigenvalue weighted by molar-refractivity contribution is 0.414. The van der Waals surface area contributed by atoms with Crippen LogP contribution in [0.2, 0.25) is 0 Å². The molecule has 1 fully saturated rings. The standard InChI is InChI=1S/C16H22N4O/c1-12-16(19-10-8-17-9-11-19)13(2)20(18-12)14-4-6-15(21-3)7-5-14/h4-7,17H,8-11H2,1-3H3. The zero-order valence-corrected chi connectivity index (χ0v) is 12.9. The molecule has 1 aromatic heterocycles. The molecule has 0 atom stereocenters. The molecule has 0 bridgehead atoms. The highest BCUT2D eigenvalue weighted by Crippen LogP contribution is 2.27. The number of benzene rings is 1. The predicted molar refractivity (Wildman–Crippen MR) is 84.7 cm³/mol. The van der Waals surface area contributed by atoms with Crippen LogP contribution in [0.1, 0.15) is 11.4 Å². The summed E-state index contributed by atoms with van der Waals surface area (Å²) in [5, 5.41) is 8.12. The van der Waals surface area contributed by atoms with Gasteiger partial charge in [-0.15, -0.1) is 0 Å². The zero-order valence-electron chi connectivity index (χ0n) is 12.9. The molecule has 0 unspecified atom stereocenters. The highest BCUT2D eigenvalue weighted by atomic mass is 16.5. The Labute approximate surface area is 125 Å². The molecule has 1 aromatic carbocycles. The first kappa shape index (κ1) is 13.9. The largest absolute Gasteiger partial charge is 0.497 e. The summed E-state index contributed by atoms with van der Waals surface area (Å²) in [4.78, 5) is 2.42. The van der Waals surface area contributed by atoms with E-state index in [1.807, 2.05) is 28.9 Å². The van der Waals surface area contributed by atoms with E-state index in [4.69, 9.17) is 9.84 Å². The summed E-state index contributed by atoms with van der Waals surface area (Å²) < 4.78 is 7.23. The van der Waals surface area contributed by atoms with Crippen molar-refractivity contribution in [2.45, 2.75) is 13.8 Å². The van der Waals surface area contributed by atoms with Gasteiger partial charge in [0.15, 0.2) is 0 Å². The lowest BCUT2D eigenvalue weighted by Crippen LogP contribution is -2.43. The number of hydrogen-bond donors (Lipinski definition) is 1. The number of aryl methyl sites for hydroxylation is 1. The van der Waals surface area contributed by atoms with E-state index in [2.05, 4.69) is 24.1 Å². The van der Waals surface area contributed by atoms with Crippen molar-refractivity contribution in [3.05, 3.63) is 35.7 Å². The summed E-state index contributed by atoms with van der Waals surface area (Å²) in [6.45, 7) is 8.37. The Kier molecular flexibility index (Phi) is 3.84. The van der Waals surface area contributed by atoms with Gasteiger partial charge in [-0.1, -0.05) is 0 Å². The second-order valence-corrected chi connectivity index (χ2v) is 5.37. The Bertz CT molecular complexity index is 612. The molecular formula is C16H22N4O. The van der Waals surface area contributed by atoms with Gasteiger partial charge in [-0.2, -0.15) is 5.10 Å². The molecule has 1 N–H and O–H groups in total. The quantitative estimate of drug-likeness (QED) is 0.936. The van der Waals surface area contributed by atoms with Gasteiger partial charge in [0.1, 0.15) is 5.75 Å². The van der Waals surface area contributed by atoms with Crippen LogP contribution in [0.25, 0.3) is 5.69 Å². The number of anilines is 1. The second-order valence-electron chi connectivity index (χ2n) is 5.37. The molecule has 0 radical (unpaired) electrons. The van der Waals surface area contributed by atoms with Crippen LogP contribution < -0.4 is 15.0 Å². The summed E-state index contributed by atoms with van der Waals surface area (Å²) in [7, 11) is 1.68. The Morgan fingerprint density at radius 2 is 1.76 bits per heavy atom. The van der Waals surface area contributed by atoms with E-state index in [-0.39, 0.29) is 0 Å². The third-order valence-corrected chi connectivity index (χ3v) is 4.00. The zero-order chi connectivity index (χ0) is 14.8. The van der Waals surface area contributed by atoms with Gasteiger partial charge < -0.3 is 15.0 Å². The van der Waals surface area contributed by atoms with Crippen molar-refractivity contribution in [1.29, 1.82) is 0 Å². The Hall–Kier alpha value is -2.01. The fourth-order valence-corrected chi connectivity index (χ4v) is 2.96. The summed E-state index contributed by atoms with van der Waals surface area (Å²) in [5.41, 5.74) is 4.62. The monoisotopic (exact) mass is 286 g/mol. The number of rotatable bonds is 3. The van der Waals surface area contributed by atoms with E-state index in [9.17, 15) is 0 Å². The van der Waals surface area contributed by atoms with Crippen molar-refractivity contribution < 1.29 is 4.74 Å². The summed E-state index contributed by atoms with van der Waals surface area (Å²) in [6, 6.07) is 8.02. The molecule has 0 spiro atoms. The molecule has 5 heteroatoms. The first-order chi connectivity index (χ1) is 10.2. The molecule has 2 aromatic rings. The molecule has 1 saturated heterocycles. The van der Waals surface area contributed by atoms with Crippen molar-refractivity contribution in [3.8, 4) is 11.4 Å². The van der Waals surface area contributed by atoms with E-state index in [1.165, 1.54) is 11.4 Å². The van der Waals surface area contributed by atoms with Crippen LogP contribution >= 0.6 is 0 Å². The molecule has 0 aliphatic carbocycles. The normalized spacial score (nSPS) is 15.3. The van der Waals surface area contributed by atoms with E-state index in [0.29, 0.717) is 0 Å². The Morgan fingerprint density at radius 3 is 2.38 bits per heavy atom. The van der Waals surface area contributed by atoms with Crippen LogP contribution in [0.15, 0.2) is 24.3 Å². The number of methoxy groups -OCH3 is 1. The molecule has 2 heterocycles. The van der Waals surface area contributed by atoms with Gasteiger partial charge in [0.25, 0.3) is 0 Å². The number of nitrogens with one attached hydrogen (secondary N) is 1. The minimum absolute atomic E-state index is 0.864. The van der Waals surface area contributed by atoms with Gasteiger partial charge in [-0.3, -0.25) is 0 Å². The smallest absolute Gasteiger partial charge is 0.119 e. The minimum atomic E-state index is 0.864. The topological polar surface area (TPSA) is 42.3 Å². The number of hydrogen-bond acceptors (Lipinski definition) is 4. The predicted octanol–water partition coefficient (Wildman–Crippen LogP) is 1.91. The summed E-state index contributed by atoms with van der Waals surface area (Å²) in [5.74, 6) is 0.864. The molecule has 0 saturated carbocycles. The third kappa shape index (κ3) is 2.61. The number of aromatic nitrogens is 2. The van der Waals surface area contributed by atoms with Crippen molar-refractivity contribution >= 4 is 5.69 Å². The lowest BCUT2D eigenvalue weighted by Gasteiger charge is -2.29. The lowest BCUT2D eigenvalue weighted by atomic mass is 10.2. The second kappa shape index (κ2) is 5.77. The highest BCUT2D eigenvalue weighted by Gasteiger charge is 2.20.